The largest absolute Gasteiger partial charge is 0.478 e. The lowest BCUT2D eigenvalue weighted by molar-refractivity contribution is 0.0695. The molecule has 2 aromatic carbocycles. The third-order valence-electron chi connectivity index (χ3n) is 3.20. The number of carboxylic acids is 1. The Morgan fingerprint density at radius 2 is 1.83 bits per heavy atom. The Morgan fingerprint density at radius 3 is 2.50 bits per heavy atom. The van der Waals surface area contributed by atoms with E-state index in [1.54, 1.807) is 12.1 Å². The van der Waals surface area contributed by atoms with Crippen LogP contribution in [-0.2, 0) is 0 Å². The lowest BCUT2D eigenvalue weighted by Crippen LogP contribution is -2.06. The Morgan fingerprint density at radius 1 is 1.11 bits per heavy atom. The van der Waals surface area contributed by atoms with E-state index in [2.05, 4.69) is 6.07 Å². The van der Waals surface area contributed by atoms with Crippen LogP contribution in [-0.4, -0.2) is 11.1 Å². The minimum Gasteiger partial charge on any atom is -0.478 e. The molecule has 0 amide bonds. The van der Waals surface area contributed by atoms with E-state index < -0.39 is 5.97 Å². The summed E-state index contributed by atoms with van der Waals surface area (Å²) >= 11 is 0. The number of rotatable bonds is 3. The molecule has 0 saturated heterocycles. The third kappa shape index (κ3) is 2.43. The van der Waals surface area contributed by atoms with Gasteiger partial charge in [0.05, 0.1) is 5.56 Å². The van der Waals surface area contributed by atoms with Crippen LogP contribution in [0.5, 0.6) is 0 Å². The van der Waals surface area contributed by atoms with Crippen molar-refractivity contribution < 1.29 is 9.90 Å². The van der Waals surface area contributed by atoms with Crippen molar-refractivity contribution in [3.63, 3.8) is 0 Å². The summed E-state index contributed by atoms with van der Waals surface area (Å²) in [6.45, 7) is 4.08. The number of carbonyl (C=O) groups is 1. The van der Waals surface area contributed by atoms with Gasteiger partial charge in [-0.15, -0.1) is 0 Å². The van der Waals surface area contributed by atoms with Crippen molar-refractivity contribution in [2.45, 2.75) is 19.8 Å². The van der Waals surface area contributed by atoms with Gasteiger partial charge in [-0.25, -0.2) is 4.79 Å². The Bertz CT molecular complexity index is 573. The fourth-order valence-electron chi connectivity index (χ4n) is 2.19. The summed E-state index contributed by atoms with van der Waals surface area (Å²) in [5.74, 6) is -0.790. The predicted octanol–water partition coefficient (Wildman–Crippen LogP) is 3.85. The molecule has 1 unspecified atom stereocenters. The molecule has 0 aliphatic carbocycles. The van der Waals surface area contributed by atoms with E-state index in [1.807, 2.05) is 44.2 Å². The average Bonchev–Trinajstić information content (AvgIpc) is 2.38. The molecule has 92 valence electrons. The van der Waals surface area contributed by atoms with Gasteiger partial charge in [0.15, 0.2) is 0 Å². The second-order valence-electron chi connectivity index (χ2n) is 4.53. The van der Waals surface area contributed by atoms with Crippen molar-refractivity contribution in [2.24, 2.45) is 0 Å². The highest BCUT2D eigenvalue weighted by molar-refractivity contribution is 5.89. The van der Waals surface area contributed by atoms with Crippen LogP contribution < -0.4 is 0 Å². The number of aryl methyl sites for hydroxylation is 1. The summed E-state index contributed by atoms with van der Waals surface area (Å²) in [7, 11) is 0. The van der Waals surface area contributed by atoms with Gasteiger partial charge in [-0.3, -0.25) is 0 Å². The van der Waals surface area contributed by atoms with Gasteiger partial charge >= 0.3 is 5.97 Å². The highest BCUT2D eigenvalue weighted by Gasteiger charge is 2.16. The van der Waals surface area contributed by atoms with E-state index in [-0.39, 0.29) is 5.92 Å². The molecule has 0 aliphatic rings. The second kappa shape index (κ2) is 5.05. The number of hydrogen-bond donors (Lipinski definition) is 1. The summed E-state index contributed by atoms with van der Waals surface area (Å²) in [5, 5.41) is 9.22. The highest BCUT2D eigenvalue weighted by Crippen LogP contribution is 2.27. The Kier molecular flexibility index (Phi) is 3.47. The molecule has 1 atom stereocenters. The number of carboxylic acid groups (broad SMARTS) is 1. The maximum Gasteiger partial charge on any atom is 0.335 e. The molecule has 0 aromatic heterocycles. The summed E-state index contributed by atoms with van der Waals surface area (Å²) in [4.78, 5) is 11.2. The topological polar surface area (TPSA) is 37.3 Å². The lowest BCUT2D eigenvalue weighted by atomic mass is 9.89. The van der Waals surface area contributed by atoms with Crippen LogP contribution in [0.25, 0.3) is 0 Å². The molecular formula is C16H16O2. The van der Waals surface area contributed by atoms with Crippen LogP contribution in [0.3, 0.4) is 0 Å². The Balaban J connectivity index is 2.46. The zero-order valence-electron chi connectivity index (χ0n) is 10.6. The van der Waals surface area contributed by atoms with Crippen LogP contribution in [0.1, 0.15) is 39.9 Å². The molecule has 0 fully saturated rings. The predicted molar refractivity (Wildman–Crippen MR) is 72.1 cm³/mol. The van der Waals surface area contributed by atoms with E-state index in [9.17, 15) is 9.90 Å². The molecular weight excluding hydrogens is 224 g/mol. The van der Waals surface area contributed by atoms with E-state index >= 15 is 0 Å². The summed E-state index contributed by atoms with van der Waals surface area (Å²) < 4.78 is 0. The van der Waals surface area contributed by atoms with Crippen molar-refractivity contribution in [2.75, 3.05) is 0 Å². The molecule has 0 heterocycles. The summed E-state index contributed by atoms with van der Waals surface area (Å²) in [6, 6.07) is 15.4. The molecule has 2 heteroatoms. The van der Waals surface area contributed by atoms with E-state index in [0.29, 0.717) is 5.56 Å². The van der Waals surface area contributed by atoms with Crippen molar-refractivity contribution in [1.29, 1.82) is 0 Å². The Labute approximate surface area is 107 Å². The van der Waals surface area contributed by atoms with Gasteiger partial charge in [-0.2, -0.15) is 0 Å². The minimum atomic E-state index is -0.870. The number of benzene rings is 2. The number of hydrogen-bond acceptors (Lipinski definition) is 1. The molecule has 2 rings (SSSR count). The number of aromatic carboxylic acids is 1. The normalized spacial score (nSPS) is 12.1. The molecule has 0 radical (unpaired) electrons. The van der Waals surface area contributed by atoms with Crippen molar-refractivity contribution in [3.8, 4) is 0 Å². The molecule has 1 N–H and O–H groups in total. The molecule has 18 heavy (non-hydrogen) atoms. The lowest BCUT2D eigenvalue weighted by Gasteiger charge is -2.15. The van der Waals surface area contributed by atoms with Crippen molar-refractivity contribution in [3.05, 3.63) is 70.8 Å². The van der Waals surface area contributed by atoms with Gasteiger partial charge in [0.2, 0.25) is 0 Å². The maximum absolute atomic E-state index is 11.2. The van der Waals surface area contributed by atoms with Crippen molar-refractivity contribution >= 4 is 5.97 Å². The van der Waals surface area contributed by atoms with Gasteiger partial charge in [-0.1, -0.05) is 55.0 Å². The molecule has 2 aromatic rings. The fraction of sp³-hybridized carbons (Fsp3) is 0.188. The van der Waals surface area contributed by atoms with E-state index in [1.165, 1.54) is 5.56 Å². The van der Waals surface area contributed by atoms with Gasteiger partial charge in [0, 0.05) is 5.92 Å². The minimum absolute atomic E-state index is 0.0807. The zero-order valence-corrected chi connectivity index (χ0v) is 10.6. The van der Waals surface area contributed by atoms with E-state index in [0.717, 1.165) is 11.1 Å². The fourth-order valence-corrected chi connectivity index (χ4v) is 2.19. The first kappa shape index (κ1) is 12.4. The van der Waals surface area contributed by atoms with Gasteiger partial charge in [-0.05, 0) is 24.1 Å². The third-order valence-corrected chi connectivity index (χ3v) is 3.20. The van der Waals surface area contributed by atoms with Crippen LogP contribution >= 0.6 is 0 Å². The first-order valence-corrected chi connectivity index (χ1v) is 5.98. The van der Waals surface area contributed by atoms with E-state index in [4.69, 9.17) is 0 Å². The molecule has 2 nitrogen and oxygen atoms in total. The summed E-state index contributed by atoms with van der Waals surface area (Å²) in [6.07, 6.45) is 0. The van der Waals surface area contributed by atoms with Crippen molar-refractivity contribution in [1.82, 2.24) is 0 Å². The monoisotopic (exact) mass is 240 g/mol. The highest BCUT2D eigenvalue weighted by atomic mass is 16.4. The average molecular weight is 240 g/mol. The van der Waals surface area contributed by atoms with Gasteiger partial charge in [0.1, 0.15) is 0 Å². The van der Waals surface area contributed by atoms with Crippen LogP contribution in [0.15, 0.2) is 48.5 Å². The first-order chi connectivity index (χ1) is 8.59. The standard InChI is InChI=1S/C16H16O2/c1-11-6-5-7-13(10-11)12(2)14-8-3-4-9-15(14)16(17)18/h3-10,12H,1-2H3,(H,17,18). The van der Waals surface area contributed by atoms with Crippen LogP contribution in [0.2, 0.25) is 0 Å². The van der Waals surface area contributed by atoms with Crippen LogP contribution in [0, 0.1) is 6.92 Å². The smallest absolute Gasteiger partial charge is 0.335 e. The SMILES string of the molecule is Cc1cccc(C(C)c2ccccc2C(=O)O)c1. The second-order valence-corrected chi connectivity index (χ2v) is 4.53. The van der Waals surface area contributed by atoms with Gasteiger partial charge in [0.25, 0.3) is 0 Å². The summed E-state index contributed by atoms with van der Waals surface area (Å²) in [5.41, 5.74) is 3.57. The quantitative estimate of drug-likeness (QED) is 0.884. The molecule has 0 aliphatic heterocycles. The Hall–Kier alpha value is -2.09. The zero-order chi connectivity index (χ0) is 13.1. The first-order valence-electron chi connectivity index (χ1n) is 5.98. The molecule has 0 saturated carbocycles. The van der Waals surface area contributed by atoms with Crippen LogP contribution in [0.4, 0.5) is 0 Å². The molecule has 0 spiro atoms. The van der Waals surface area contributed by atoms with Gasteiger partial charge < -0.3 is 5.11 Å². The molecule has 0 bridgehead atoms. The maximum atomic E-state index is 11.2.